The first-order chi connectivity index (χ1) is 9.08. The van der Waals surface area contributed by atoms with E-state index in [-0.39, 0.29) is 18.9 Å². The van der Waals surface area contributed by atoms with Gasteiger partial charge in [-0.1, -0.05) is 0 Å². The van der Waals surface area contributed by atoms with Crippen LogP contribution < -0.4 is 5.32 Å². The summed E-state index contributed by atoms with van der Waals surface area (Å²) < 4.78 is 0. The van der Waals surface area contributed by atoms with Gasteiger partial charge in [-0.2, -0.15) is 0 Å². The van der Waals surface area contributed by atoms with E-state index in [1.807, 2.05) is 0 Å². The molecule has 3 atom stereocenters. The van der Waals surface area contributed by atoms with Crippen molar-refractivity contribution in [2.24, 2.45) is 5.92 Å². The topological polar surface area (TPSA) is 89.9 Å². The van der Waals surface area contributed by atoms with Gasteiger partial charge in [0.2, 0.25) is 5.91 Å². The molecular formula is C13H22N2O4. The Morgan fingerprint density at radius 1 is 1.37 bits per heavy atom. The third-order valence-electron chi connectivity index (χ3n) is 4.05. The molecular weight excluding hydrogens is 248 g/mol. The molecule has 0 saturated carbocycles. The van der Waals surface area contributed by atoms with Crippen LogP contribution in [0.4, 0.5) is 0 Å². The summed E-state index contributed by atoms with van der Waals surface area (Å²) >= 11 is 0. The highest BCUT2D eigenvalue weighted by atomic mass is 16.4. The zero-order valence-electron chi connectivity index (χ0n) is 11.0. The number of rotatable bonds is 4. The first kappa shape index (κ1) is 14.3. The average Bonchev–Trinajstić information content (AvgIpc) is 2.79. The molecule has 1 amide bonds. The van der Waals surface area contributed by atoms with Crippen LogP contribution >= 0.6 is 0 Å². The molecule has 2 rings (SSSR count). The SMILES string of the molecule is O=C(O)[C@@H]1C[C@H](O)CN1C(=O)CCC1CCCNC1. The summed E-state index contributed by atoms with van der Waals surface area (Å²) in [6.45, 7) is 2.14. The van der Waals surface area contributed by atoms with Crippen LogP contribution in [-0.4, -0.2) is 58.8 Å². The second kappa shape index (κ2) is 6.34. The molecule has 3 N–H and O–H groups in total. The Bertz CT molecular complexity index is 342. The van der Waals surface area contributed by atoms with Gasteiger partial charge in [0.25, 0.3) is 0 Å². The summed E-state index contributed by atoms with van der Waals surface area (Å²) in [5, 5.41) is 21.9. The number of aliphatic hydroxyl groups is 1. The van der Waals surface area contributed by atoms with Gasteiger partial charge >= 0.3 is 5.97 Å². The Hall–Kier alpha value is -1.14. The van der Waals surface area contributed by atoms with Crippen LogP contribution in [0, 0.1) is 5.92 Å². The standard InChI is InChI=1S/C13H22N2O4/c16-10-6-11(13(18)19)15(8-10)12(17)4-3-9-2-1-5-14-7-9/h9-11,14,16H,1-8H2,(H,18,19)/t9?,10-,11-/m0/s1. The zero-order valence-corrected chi connectivity index (χ0v) is 11.0. The first-order valence-corrected chi connectivity index (χ1v) is 6.99. The smallest absolute Gasteiger partial charge is 0.326 e. The van der Waals surface area contributed by atoms with Crippen LogP contribution in [0.5, 0.6) is 0 Å². The monoisotopic (exact) mass is 270 g/mol. The molecule has 2 saturated heterocycles. The molecule has 6 heteroatoms. The van der Waals surface area contributed by atoms with Crippen molar-refractivity contribution in [2.75, 3.05) is 19.6 Å². The number of nitrogens with one attached hydrogen (secondary N) is 1. The van der Waals surface area contributed by atoms with Gasteiger partial charge in [-0.05, 0) is 38.3 Å². The maximum Gasteiger partial charge on any atom is 0.326 e. The van der Waals surface area contributed by atoms with Gasteiger partial charge in [-0.3, -0.25) is 4.79 Å². The Balaban J connectivity index is 1.82. The number of aliphatic carboxylic acids is 1. The number of carboxylic acids is 1. The first-order valence-electron chi connectivity index (χ1n) is 6.99. The summed E-state index contributed by atoms with van der Waals surface area (Å²) in [6, 6.07) is -0.855. The number of carbonyl (C=O) groups is 2. The van der Waals surface area contributed by atoms with Crippen LogP contribution in [0.25, 0.3) is 0 Å². The summed E-state index contributed by atoms with van der Waals surface area (Å²) in [4.78, 5) is 24.5. The largest absolute Gasteiger partial charge is 0.480 e. The van der Waals surface area contributed by atoms with Crippen LogP contribution in [0.2, 0.25) is 0 Å². The van der Waals surface area contributed by atoms with Gasteiger partial charge in [0, 0.05) is 19.4 Å². The van der Waals surface area contributed by atoms with Crippen molar-refractivity contribution in [1.82, 2.24) is 10.2 Å². The quantitative estimate of drug-likeness (QED) is 0.659. The number of hydrogen-bond acceptors (Lipinski definition) is 4. The minimum atomic E-state index is -1.02. The summed E-state index contributed by atoms with van der Waals surface area (Å²) in [6.07, 6.45) is 2.88. The molecule has 0 bridgehead atoms. The van der Waals surface area contributed by atoms with Crippen LogP contribution in [0.1, 0.15) is 32.1 Å². The Labute approximate surface area is 112 Å². The third-order valence-corrected chi connectivity index (χ3v) is 4.05. The van der Waals surface area contributed by atoms with E-state index in [0.29, 0.717) is 12.3 Å². The van der Waals surface area contributed by atoms with Gasteiger partial charge in [0.05, 0.1) is 6.10 Å². The number of aliphatic hydroxyl groups excluding tert-OH is 1. The molecule has 0 aromatic carbocycles. The van der Waals surface area contributed by atoms with Crippen molar-refractivity contribution in [2.45, 2.75) is 44.2 Å². The molecule has 2 aliphatic heterocycles. The lowest BCUT2D eigenvalue weighted by Gasteiger charge is -2.25. The predicted molar refractivity (Wildman–Crippen MR) is 68.6 cm³/mol. The Kier molecular flexibility index (Phi) is 4.76. The van der Waals surface area contributed by atoms with Gasteiger partial charge in [0.1, 0.15) is 6.04 Å². The minimum absolute atomic E-state index is 0.144. The van der Waals surface area contributed by atoms with E-state index in [1.165, 1.54) is 4.90 Å². The predicted octanol–water partition coefficient (Wildman–Crippen LogP) is -0.187. The number of nitrogens with zero attached hydrogens (tertiary/aromatic N) is 1. The molecule has 2 heterocycles. The lowest BCUT2D eigenvalue weighted by molar-refractivity contribution is -0.148. The van der Waals surface area contributed by atoms with E-state index in [0.717, 1.165) is 32.4 Å². The molecule has 0 aromatic rings. The molecule has 0 aliphatic carbocycles. The van der Waals surface area contributed by atoms with E-state index in [9.17, 15) is 14.7 Å². The van der Waals surface area contributed by atoms with Crippen LogP contribution in [0.3, 0.4) is 0 Å². The van der Waals surface area contributed by atoms with Crippen molar-refractivity contribution in [1.29, 1.82) is 0 Å². The van der Waals surface area contributed by atoms with Crippen LogP contribution in [-0.2, 0) is 9.59 Å². The maximum atomic E-state index is 12.1. The molecule has 108 valence electrons. The lowest BCUT2D eigenvalue weighted by atomic mass is 9.94. The Morgan fingerprint density at radius 3 is 2.79 bits per heavy atom. The van der Waals surface area contributed by atoms with E-state index < -0.39 is 18.1 Å². The number of amides is 1. The molecule has 2 fully saturated rings. The molecule has 6 nitrogen and oxygen atoms in total. The number of β-amino-alcohol motifs (C(OH)–C–C–N with tert-alkyl or cyclic N) is 1. The van der Waals surface area contributed by atoms with Gasteiger partial charge in [0.15, 0.2) is 0 Å². The van der Waals surface area contributed by atoms with E-state index >= 15 is 0 Å². The summed E-state index contributed by atoms with van der Waals surface area (Å²) in [5.41, 5.74) is 0. The van der Waals surface area contributed by atoms with E-state index in [4.69, 9.17) is 5.11 Å². The fourth-order valence-electron chi connectivity index (χ4n) is 2.97. The number of carboxylic acid groups (broad SMARTS) is 1. The van der Waals surface area contributed by atoms with Crippen molar-refractivity contribution in [3.63, 3.8) is 0 Å². The van der Waals surface area contributed by atoms with E-state index in [2.05, 4.69) is 5.32 Å². The Morgan fingerprint density at radius 2 is 2.16 bits per heavy atom. The zero-order chi connectivity index (χ0) is 13.8. The maximum absolute atomic E-state index is 12.1. The molecule has 0 radical (unpaired) electrons. The molecule has 1 unspecified atom stereocenters. The third kappa shape index (κ3) is 3.67. The molecule has 2 aliphatic rings. The summed E-state index contributed by atoms with van der Waals surface area (Å²) in [5.74, 6) is -0.660. The highest BCUT2D eigenvalue weighted by molar-refractivity contribution is 5.84. The lowest BCUT2D eigenvalue weighted by Crippen LogP contribution is -2.41. The van der Waals surface area contributed by atoms with Gasteiger partial charge in [-0.15, -0.1) is 0 Å². The molecule has 19 heavy (non-hydrogen) atoms. The average molecular weight is 270 g/mol. The number of carbonyl (C=O) groups excluding carboxylic acids is 1. The van der Waals surface area contributed by atoms with Gasteiger partial charge < -0.3 is 20.4 Å². The van der Waals surface area contributed by atoms with Crippen molar-refractivity contribution in [3.05, 3.63) is 0 Å². The van der Waals surface area contributed by atoms with E-state index in [1.54, 1.807) is 0 Å². The second-order valence-electron chi connectivity index (χ2n) is 5.54. The number of piperidine rings is 1. The molecule has 0 aromatic heterocycles. The second-order valence-corrected chi connectivity index (χ2v) is 5.54. The number of hydrogen-bond donors (Lipinski definition) is 3. The fourth-order valence-corrected chi connectivity index (χ4v) is 2.97. The number of likely N-dealkylation sites (tertiary alicyclic amines) is 1. The van der Waals surface area contributed by atoms with Crippen LogP contribution in [0.15, 0.2) is 0 Å². The molecule has 0 spiro atoms. The van der Waals surface area contributed by atoms with Gasteiger partial charge in [-0.25, -0.2) is 4.79 Å². The van der Waals surface area contributed by atoms with Crippen molar-refractivity contribution in [3.8, 4) is 0 Å². The fraction of sp³-hybridized carbons (Fsp3) is 0.846. The summed E-state index contributed by atoms with van der Waals surface area (Å²) in [7, 11) is 0. The minimum Gasteiger partial charge on any atom is -0.480 e. The highest BCUT2D eigenvalue weighted by Gasteiger charge is 2.38. The normalized spacial score (nSPS) is 31.4. The van der Waals surface area contributed by atoms with Crippen molar-refractivity contribution >= 4 is 11.9 Å². The highest BCUT2D eigenvalue weighted by Crippen LogP contribution is 2.22. The van der Waals surface area contributed by atoms with Crippen molar-refractivity contribution < 1.29 is 19.8 Å².